The molecule has 2 heterocycles. The van der Waals surface area contributed by atoms with Crippen molar-refractivity contribution >= 4 is 21.6 Å². The summed E-state index contributed by atoms with van der Waals surface area (Å²) >= 11 is 6.28. The first-order valence-electron chi connectivity index (χ1n) is 11.9. The molecule has 0 amide bonds. The van der Waals surface area contributed by atoms with E-state index in [9.17, 15) is 8.42 Å². The van der Waals surface area contributed by atoms with E-state index in [2.05, 4.69) is 44.9 Å². The van der Waals surface area contributed by atoms with Gasteiger partial charge in [0.15, 0.2) is 5.03 Å². The third kappa shape index (κ3) is 5.23. The van der Waals surface area contributed by atoms with Crippen LogP contribution in [0.25, 0.3) is 0 Å². The molecule has 1 saturated heterocycles. The van der Waals surface area contributed by atoms with Crippen molar-refractivity contribution in [2.45, 2.75) is 36.6 Å². The van der Waals surface area contributed by atoms with E-state index in [1.165, 1.54) is 48.7 Å². The largest absolute Gasteiger partial charge is 0.339 e. The van der Waals surface area contributed by atoms with E-state index in [4.69, 9.17) is 11.6 Å². The predicted octanol–water partition coefficient (Wildman–Crippen LogP) is 3.80. The van der Waals surface area contributed by atoms with E-state index < -0.39 is 10.0 Å². The average Bonchev–Trinajstić information content (AvgIpc) is 3.35. The molecule has 0 bridgehead atoms. The maximum Gasteiger partial charge on any atom is 0.259 e. The maximum absolute atomic E-state index is 12.5. The molecule has 1 aliphatic heterocycles. The van der Waals surface area contributed by atoms with Crippen molar-refractivity contribution in [3.8, 4) is 0 Å². The summed E-state index contributed by atoms with van der Waals surface area (Å²) in [6, 6.07) is 14.9. The molecular formula is C26H31ClN4O2S. The Morgan fingerprint density at radius 3 is 2.71 bits per heavy atom. The summed E-state index contributed by atoms with van der Waals surface area (Å²) in [4.78, 5) is 6.52. The molecule has 8 heteroatoms. The number of rotatable bonds is 9. The van der Waals surface area contributed by atoms with E-state index in [-0.39, 0.29) is 5.03 Å². The minimum absolute atomic E-state index is 0.0550. The van der Waals surface area contributed by atoms with Gasteiger partial charge in [-0.15, -0.1) is 0 Å². The number of aromatic nitrogens is 2. The Morgan fingerprint density at radius 2 is 2.00 bits per heavy atom. The number of nitrogens with zero attached hydrogens (tertiary/aromatic N) is 3. The first-order chi connectivity index (χ1) is 16.4. The molecule has 2 aliphatic rings. The molecule has 1 N–H and O–H groups in total. The highest BCUT2D eigenvalue weighted by Gasteiger charge is 2.34. The second-order valence-electron chi connectivity index (χ2n) is 9.62. The molecule has 1 aliphatic carbocycles. The van der Waals surface area contributed by atoms with Crippen molar-refractivity contribution in [1.82, 2.24) is 19.2 Å². The zero-order chi connectivity index (χ0) is 23.7. The molecule has 34 heavy (non-hydrogen) atoms. The average molecular weight is 499 g/mol. The van der Waals surface area contributed by atoms with Crippen LogP contribution in [-0.2, 0) is 36.3 Å². The van der Waals surface area contributed by atoms with Crippen LogP contribution in [0.2, 0.25) is 5.02 Å². The molecule has 3 aromatic rings. The smallest absolute Gasteiger partial charge is 0.259 e. The number of fused-ring (bicyclic) bond motifs is 1. The first kappa shape index (κ1) is 23.5. The van der Waals surface area contributed by atoms with Crippen LogP contribution in [0.15, 0.2) is 60.0 Å². The number of nitrogens with one attached hydrogen (secondary N) is 1. The molecule has 180 valence electrons. The molecule has 0 spiro atoms. The van der Waals surface area contributed by atoms with Gasteiger partial charge in [-0.1, -0.05) is 41.9 Å². The van der Waals surface area contributed by atoms with Crippen molar-refractivity contribution in [1.29, 1.82) is 0 Å². The minimum atomic E-state index is -3.60. The number of hydrogen-bond donors (Lipinski definition) is 1. The molecule has 2 aromatic carbocycles. The normalized spacial score (nSPS) is 20.3. The Balaban J connectivity index is 1.31. The third-order valence-corrected chi connectivity index (χ3v) is 8.69. The summed E-state index contributed by atoms with van der Waals surface area (Å²) < 4.78 is 29.3. The molecular weight excluding hydrogens is 468 g/mol. The Kier molecular flexibility index (Phi) is 6.80. The fraction of sp³-hybridized carbons (Fsp3) is 0.423. The molecule has 0 saturated carbocycles. The van der Waals surface area contributed by atoms with E-state index in [1.54, 1.807) is 11.6 Å². The number of imidazole rings is 1. The zero-order valence-corrected chi connectivity index (χ0v) is 21.0. The van der Waals surface area contributed by atoms with Gasteiger partial charge >= 0.3 is 0 Å². The van der Waals surface area contributed by atoms with Crippen molar-refractivity contribution in [3.05, 3.63) is 82.3 Å². The summed E-state index contributed by atoms with van der Waals surface area (Å²) in [5, 5.41) is 0.836. The monoisotopic (exact) mass is 498 g/mol. The molecule has 2 atom stereocenters. The number of sulfonamides is 1. The van der Waals surface area contributed by atoms with Crippen molar-refractivity contribution in [2.75, 3.05) is 26.2 Å². The Hall–Kier alpha value is -2.19. The van der Waals surface area contributed by atoms with Crippen LogP contribution in [0.1, 0.15) is 34.6 Å². The molecule has 2 unspecified atom stereocenters. The number of likely N-dealkylation sites (tertiary alicyclic amines) is 1. The number of benzene rings is 2. The van der Waals surface area contributed by atoms with Crippen molar-refractivity contribution < 1.29 is 8.42 Å². The number of hydrogen-bond acceptors (Lipinski definition) is 4. The van der Waals surface area contributed by atoms with Crippen LogP contribution in [0.4, 0.5) is 0 Å². The van der Waals surface area contributed by atoms with Crippen LogP contribution in [0.5, 0.6) is 0 Å². The quantitative estimate of drug-likeness (QED) is 0.487. The lowest BCUT2D eigenvalue weighted by Crippen LogP contribution is -2.41. The highest BCUT2D eigenvalue weighted by atomic mass is 35.5. The van der Waals surface area contributed by atoms with Gasteiger partial charge in [0.05, 0.1) is 6.33 Å². The topological polar surface area (TPSA) is 67.2 Å². The number of halogens is 1. The van der Waals surface area contributed by atoms with Gasteiger partial charge in [-0.2, -0.15) is 0 Å². The molecule has 5 rings (SSSR count). The van der Waals surface area contributed by atoms with Crippen LogP contribution in [0.3, 0.4) is 0 Å². The molecule has 1 aromatic heterocycles. The Morgan fingerprint density at radius 1 is 1.15 bits per heavy atom. The summed E-state index contributed by atoms with van der Waals surface area (Å²) in [5.74, 6) is 1.03. The van der Waals surface area contributed by atoms with Crippen LogP contribution in [0, 0.1) is 5.92 Å². The zero-order valence-electron chi connectivity index (χ0n) is 19.5. The summed E-state index contributed by atoms with van der Waals surface area (Å²) in [5.41, 5.74) is 5.27. The van der Waals surface area contributed by atoms with E-state index in [0.29, 0.717) is 24.8 Å². The fourth-order valence-corrected chi connectivity index (χ4v) is 6.45. The Bertz CT molecular complexity index is 1270. The van der Waals surface area contributed by atoms with E-state index in [0.717, 1.165) is 30.0 Å². The van der Waals surface area contributed by atoms with Crippen LogP contribution < -0.4 is 4.72 Å². The van der Waals surface area contributed by atoms with Gasteiger partial charge in [-0.3, -0.25) is 0 Å². The predicted molar refractivity (Wildman–Crippen MR) is 135 cm³/mol. The standard InChI is InChI=1S/C26H31ClN4O2S/c1-30-17-26(28-18-30)34(32,33)29-9-8-19-6-7-21-15-22(16-31-10-3-11-31)25(24(21)13-19)14-20-4-2-5-23(27)12-20/h2,4-7,12-13,17-18,22,25,29H,3,8-11,14-16H2,1H3. The van der Waals surface area contributed by atoms with Gasteiger partial charge in [0.2, 0.25) is 0 Å². The SMILES string of the molecule is Cn1cnc(S(=O)(=O)NCCc2ccc3c(c2)C(Cc2cccc(Cl)c2)C(CN2CCC2)C3)c1. The van der Waals surface area contributed by atoms with Gasteiger partial charge in [0.25, 0.3) is 10.0 Å². The molecule has 0 radical (unpaired) electrons. The third-order valence-electron chi connectivity index (χ3n) is 7.11. The molecule has 6 nitrogen and oxygen atoms in total. The minimum Gasteiger partial charge on any atom is -0.339 e. The lowest BCUT2D eigenvalue weighted by atomic mass is 9.85. The van der Waals surface area contributed by atoms with E-state index in [1.807, 2.05) is 12.1 Å². The number of aryl methyl sites for hydroxylation is 1. The lowest BCUT2D eigenvalue weighted by Gasteiger charge is -2.35. The highest BCUT2D eigenvalue weighted by Crippen LogP contribution is 2.41. The van der Waals surface area contributed by atoms with Gasteiger partial charge in [0.1, 0.15) is 0 Å². The van der Waals surface area contributed by atoms with E-state index >= 15 is 0 Å². The van der Waals surface area contributed by atoms with Crippen molar-refractivity contribution in [3.63, 3.8) is 0 Å². The van der Waals surface area contributed by atoms with Crippen LogP contribution in [-0.4, -0.2) is 49.0 Å². The highest BCUT2D eigenvalue weighted by molar-refractivity contribution is 7.89. The van der Waals surface area contributed by atoms with Gasteiger partial charge in [-0.05, 0) is 85.0 Å². The fourth-order valence-electron chi connectivity index (χ4n) is 5.22. The Labute approximate surface area is 207 Å². The summed E-state index contributed by atoms with van der Waals surface area (Å²) in [6.07, 6.45) is 7.02. The van der Waals surface area contributed by atoms with Gasteiger partial charge in [0, 0.05) is 31.4 Å². The lowest BCUT2D eigenvalue weighted by molar-refractivity contribution is 0.145. The first-order valence-corrected chi connectivity index (χ1v) is 13.8. The van der Waals surface area contributed by atoms with Gasteiger partial charge in [-0.25, -0.2) is 18.1 Å². The summed E-state index contributed by atoms with van der Waals surface area (Å²) in [6.45, 7) is 3.89. The second-order valence-corrected chi connectivity index (χ2v) is 11.8. The van der Waals surface area contributed by atoms with Gasteiger partial charge < -0.3 is 9.47 Å². The summed E-state index contributed by atoms with van der Waals surface area (Å²) in [7, 11) is -1.84. The van der Waals surface area contributed by atoms with Crippen LogP contribution >= 0.6 is 11.6 Å². The van der Waals surface area contributed by atoms with Crippen molar-refractivity contribution in [2.24, 2.45) is 13.0 Å². The molecule has 1 fully saturated rings. The maximum atomic E-state index is 12.5. The second kappa shape index (κ2) is 9.82.